The van der Waals surface area contributed by atoms with E-state index in [1.807, 2.05) is 32.3 Å². The summed E-state index contributed by atoms with van der Waals surface area (Å²) < 4.78 is 1.88. The van der Waals surface area contributed by atoms with E-state index in [9.17, 15) is 4.79 Å². The number of carbonyl (C=O) groups is 1. The van der Waals surface area contributed by atoms with Crippen molar-refractivity contribution < 1.29 is 4.79 Å². The van der Waals surface area contributed by atoms with E-state index < -0.39 is 6.04 Å². The second-order valence-corrected chi connectivity index (χ2v) is 5.09. The SMILES string of the molecule is CCn1cnnc1CNC(=O)[C@@H](N)C(C)(C)C. The largest absolute Gasteiger partial charge is 0.347 e. The summed E-state index contributed by atoms with van der Waals surface area (Å²) >= 11 is 0. The fraction of sp³-hybridized carbons (Fsp3) is 0.727. The van der Waals surface area contributed by atoms with Crippen LogP contribution in [-0.2, 0) is 17.9 Å². The molecule has 1 rings (SSSR count). The summed E-state index contributed by atoms with van der Waals surface area (Å²) in [5.74, 6) is 0.574. The molecule has 6 heteroatoms. The number of rotatable bonds is 4. The third-order valence-electron chi connectivity index (χ3n) is 2.67. The number of amides is 1. The van der Waals surface area contributed by atoms with Crippen LogP contribution in [0, 0.1) is 5.41 Å². The van der Waals surface area contributed by atoms with Gasteiger partial charge in [0.2, 0.25) is 5.91 Å². The lowest BCUT2D eigenvalue weighted by molar-refractivity contribution is -0.124. The van der Waals surface area contributed by atoms with Gasteiger partial charge < -0.3 is 15.6 Å². The van der Waals surface area contributed by atoms with Crippen LogP contribution in [0.2, 0.25) is 0 Å². The molecule has 0 aliphatic heterocycles. The summed E-state index contributed by atoms with van der Waals surface area (Å²) in [6.45, 7) is 8.94. The van der Waals surface area contributed by atoms with Crippen molar-refractivity contribution in [3.63, 3.8) is 0 Å². The van der Waals surface area contributed by atoms with Crippen LogP contribution in [0.3, 0.4) is 0 Å². The van der Waals surface area contributed by atoms with Crippen LogP contribution in [0.25, 0.3) is 0 Å². The van der Waals surface area contributed by atoms with Gasteiger partial charge in [0.05, 0.1) is 12.6 Å². The van der Waals surface area contributed by atoms with Gasteiger partial charge in [-0.15, -0.1) is 10.2 Å². The summed E-state index contributed by atoms with van der Waals surface area (Å²) in [5.41, 5.74) is 5.60. The van der Waals surface area contributed by atoms with E-state index in [2.05, 4.69) is 15.5 Å². The Morgan fingerprint density at radius 3 is 2.76 bits per heavy atom. The van der Waals surface area contributed by atoms with E-state index in [1.54, 1.807) is 6.33 Å². The van der Waals surface area contributed by atoms with E-state index in [-0.39, 0.29) is 11.3 Å². The molecule has 1 atom stereocenters. The van der Waals surface area contributed by atoms with Crippen LogP contribution < -0.4 is 11.1 Å². The summed E-state index contributed by atoms with van der Waals surface area (Å²) in [5, 5.41) is 10.5. The fourth-order valence-electron chi connectivity index (χ4n) is 1.35. The molecule has 0 bridgehead atoms. The van der Waals surface area contributed by atoms with Crippen LogP contribution in [0.1, 0.15) is 33.5 Å². The second-order valence-electron chi connectivity index (χ2n) is 5.09. The number of hydrogen-bond acceptors (Lipinski definition) is 4. The lowest BCUT2D eigenvalue weighted by atomic mass is 9.87. The number of aromatic nitrogens is 3. The van der Waals surface area contributed by atoms with Crippen molar-refractivity contribution in [2.45, 2.75) is 46.8 Å². The standard InChI is InChI=1S/C11H21N5O/c1-5-16-7-14-15-8(16)6-13-10(17)9(12)11(2,3)4/h7,9H,5-6,12H2,1-4H3,(H,13,17)/t9-/m1/s1. The Morgan fingerprint density at radius 1 is 1.59 bits per heavy atom. The maximum absolute atomic E-state index is 11.8. The molecule has 0 aliphatic carbocycles. The highest BCUT2D eigenvalue weighted by molar-refractivity contribution is 5.82. The van der Waals surface area contributed by atoms with Gasteiger partial charge in [-0.25, -0.2) is 0 Å². The Morgan fingerprint density at radius 2 is 2.24 bits per heavy atom. The van der Waals surface area contributed by atoms with Crippen LogP contribution in [0.5, 0.6) is 0 Å². The normalized spacial score (nSPS) is 13.5. The predicted octanol–water partition coefficient (Wildman–Crippen LogP) is 0.288. The van der Waals surface area contributed by atoms with E-state index in [4.69, 9.17) is 5.73 Å². The van der Waals surface area contributed by atoms with Crippen molar-refractivity contribution in [2.75, 3.05) is 0 Å². The zero-order valence-electron chi connectivity index (χ0n) is 10.9. The zero-order valence-corrected chi connectivity index (χ0v) is 10.9. The molecule has 0 aliphatic rings. The Bertz CT molecular complexity index is 379. The molecule has 0 spiro atoms. The first-order valence-electron chi connectivity index (χ1n) is 5.76. The molecule has 1 aromatic rings. The van der Waals surface area contributed by atoms with Crippen molar-refractivity contribution >= 4 is 5.91 Å². The zero-order chi connectivity index (χ0) is 13.1. The van der Waals surface area contributed by atoms with Crippen molar-refractivity contribution in [3.8, 4) is 0 Å². The molecule has 0 aromatic carbocycles. The lowest BCUT2D eigenvalue weighted by Crippen LogP contribution is -2.48. The maximum atomic E-state index is 11.8. The molecule has 6 nitrogen and oxygen atoms in total. The van der Waals surface area contributed by atoms with Crippen LogP contribution >= 0.6 is 0 Å². The molecule has 0 unspecified atom stereocenters. The van der Waals surface area contributed by atoms with Gasteiger partial charge in [0.25, 0.3) is 0 Å². The van der Waals surface area contributed by atoms with Gasteiger partial charge in [-0.3, -0.25) is 4.79 Å². The van der Waals surface area contributed by atoms with Gasteiger partial charge in [-0.2, -0.15) is 0 Å². The van der Waals surface area contributed by atoms with Crippen LogP contribution in [0.15, 0.2) is 6.33 Å². The molecule has 96 valence electrons. The van der Waals surface area contributed by atoms with E-state index in [0.717, 1.165) is 12.4 Å². The summed E-state index contributed by atoms with van der Waals surface area (Å²) in [6, 6.07) is -0.527. The third kappa shape index (κ3) is 3.52. The van der Waals surface area contributed by atoms with Crippen molar-refractivity contribution in [3.05, 3.63) is 12.2 Å². The molecule has 3 N–H and O–H groups in total. The number of nitrogens with two attached hydrogens (primary N) is 1. The third-order valence-corrected chi connectivity index (χ3v) is 2.67. The number of aryl methyl sites for hydroxylation is 1. The lowest BCUT2D eigenvalue weighted by Gasteiger charge is -2.25. The highest BCUT2D eigenvalue weighted by Gasteiger charge is 2.27. The van der Waals surface area contributed by atoms with Crippen molar-refractivity contribution in [1.82, 2.24) is 20.1 Å². The first-order chi connectivity index (χ1) is 7.86. The molecule has 1 amide bonds. The Labute approximate surface area is 102 Å². The minimum Gasteiger partial charge on any atom is -0.347 e. The van der Waals surface area contributed by atoms with Gasteiger partial charge in [0.1, 0.15) is 6.33 Å². The minimum atomic E-state index is -0.527. The van der Waals surface area contributed by atoms with E-state index >= 15 is 0 Å². The average Bonchev–Trinajstić information content (AvgIpc) is 2.70. The monoisotopic (exact) mass is 239 g/mol. The van der Waals surface area contributed by atoms with Gasteiger partial charge in [-0.05, 0) is 12.3 Å². The van der Waals surface area contributed by atoms with Crippen LogP contribution in [0.4, 0.5) is 0 Å². The van der Waals surface area contributed by atoms with Gasteiger partial charge >= 0.3 is 0 Å². The van der Waals surface area contributed by atoms with Gasteiger partial charge in [0, 0.05) is 6.54 Å². The Hall–Kier alpha value is -1.43. The van der Waals surface area contributed by atoms with Gasteiger partial charge in [-0.1, -0.05) is 20.8 Å². The summed E-state index contributed by atoms with van der Waals surface area (Å²) in [6.07, 6.45) is 1.64. The molecular formula is C11H21N5O. The number of hydrogen-bond donors (Lipinski definition) is 2. The summed E-state index contributed by atoms with van der Waals surface area (Å²) in [7, 11) is 0. The predicted molar refractivity (Wildman–Crippen MR) is 65.0 cm³/mol. The molecule has 1 aromatic heterocycles. The molecule has 0 saturated heterocycles. The molecule has 0 fully saturated rings. The molecule has 1 heterocycles. The maximum Gasteiger partial charge on any atom is 0.237 e. The molecule has 0 saturated carbocycles. The topological polar surface area (TPSA) is 85.8 Å². The molecular weight excluding hydrogens is 218 g/mol. The summed E-state index contributed by atoms with van der Waals surface area (Å²) in [4.78, 5) is 11.8. The van der Waals surface area contributed by atoms with E-state index in [1.165, 1.54) is 0 Å². The number of nitrogens with one attached hydrogen (secondary N) is 1. The van der Waals surface area contributed by atoms with E-state index in [0.29, 0.717) is 6.54 Å². The average molecular weight is 239 g/mol. The van der Waals surface area contributed by atoms with Crippen molar-refractivity contribution in [1.29, 1.82) is 0 Å². The Kier molecular flexibility index (Phi) is 4.22. The van der Waals surface area contributed by atoms with Crippen LogP contribution in [-0.4, -0.2) is 26.7 Å². The highest BCUT2D eigenvalue weighted by Crippen LogP contribution is 2.17. The van der Waals surface area contributed by atoms with Gasteiger partial charge in [0.15, 0.2) is 5.82 Å². The quantitative estimate of drug-likeness (QED) is 0.790. The molecule has 0 radical (unpaired) electrons. The highest BCUT2D eigenvalue weighted by atomic mass is 16.2. The van der Waals surface area contributed by atoms with Crippen molar-refractivity contribution in [2.24, 2.45) is 11.1 Å². The number of nitrogens with zero attached hydrogens (tertiary/aromatic N) is 3. The first kappa shape index (κ1) is 13.6. The minimum absolute atomic E-state index is 0.164. The molecule has 17 heavy (non-hydrogen) atoms. The second kappa shape index (κ2) is 5.27. The fourth-order valence-corrected chi connectivity index (χ4v) is 1.35. The number of carbonyl (C=O) groups excluding carboxylic acids is 1. The Balaban J connectivity index is 2.54. The first-order valence-corrected chi connectivity index (χ1v) is 5.76. The smallest absolute Gasteiger partial charge is 0.237 e.